The highest BCUT2D eigenvalue weighted by atomic mass is 32.1. The Labute approximate surface area is 107 Å². The van der Waals surface area contributed by atoms with Gasteiger partial charge in [0.05, 0.1) is 0 Å². The van der Waals surface area contributed by atoms with Crippen molar-refractivity contribution >= 4 is 34.4 Å². The molecule has 0 aromatic carbocycles. The number of hydrogen-bond acceptors (Lipinski definition) is 5. The third-order valence-corrected chi connectivity index (χ3v) is 2.64. The first-order valence-electron chi connectivity index (χ1n) is 5.30. The van der Waals surface area contributed by atoms with Crippen LogP contribution >= 0.6 is 11.3 Å². The van der Waals surface area contributed by atoms with Crippen molar-refractivity contribution in [1.29, 1.82) is 0 Å². The molecular formula is C10H13N3O4S. The number of carboxylic acids is 1. The molecule has 1 heterocycles. The third kappa shape index (κ3) is 5.94. The molecule has 0 saturated heterocycles. The van der Waals surface area contributed by atoms with Gasteiger partial charge in [-0.05, 0) is 12.8 Å². The van der Waals surface area contributed by atoms with Gasteiger partial charge in [0.2, 0.25) is 5.91 Å². The van der Waals surface area contributed by atoms with E-state index < -0.39 is 17.9 Å². The number of rotatable bonds is 6. The number of aromatic nitrogens is 1. The van der Waals surface area contributed by atoms with Gasteiger partial charge in [-0.25, -0.2) is 9.78 Å². The summed E-state index contributed by atoms with van der Waals surface area (Å²) in [5, 5.41) is 15.0. The first-order chi connectivity index (χ1) is 8.58. The number of carbonyl (C=O) groups is 3. The Bertz CT molecular complexity index is 419. The van der Waals surface area contributed by atoms with Crippen LogP contribution in [0.4, 0.5) is 9.93 Å². The van der Waals surface area contributed by atoms with E-state index in [4.69, 9.17) is 5.11 Å². The molecule has 0 saturated carbocycles. The lowest BCUT2D eigenvalue weighted by atomic mass is 10.2. The molecule has 0 spiro atoms. The van der Waals surface area contributed by atoms with E-state index in [-0.39, 0.29) is 12.8 Å². The summed E-state index contributed by atoms with van der Waals surface area (Å²) in [7, 11) is 0. The lowest BCUT2D eigenvalue weighted by Gasteiger charge is -2.03. The van der Waals surface area contributed by atoms with Crippen LogP contribution in [-0.2, 0) is 9.59 Å². The number of aliphatic carboxylic acids is 1. The Morgan fingerprint density at radius 3 is 2.61 bits per heavy atom. The molecule has 98 valence electrons. The number of amides is 3. The van der Waals surface area contributed by atoms with E-state index in [0.29, 0.717) is 18.0 Å². The van der Waals surface area contributed by atoms with Crippen LogP contribution in [0.1, 0.15) is 25.7 Å². The Morgan fingerprint density at radius 1 is 1.28 bits per heavy atom. The molecule has 3 N–H and O–H groups in total. The van der Waals surface area contributed by atoms with E-state index in [1.807, 2.05) is 0 Å². The number of carbonyl (C=O) groups excluding carboxylic acids is 2. The molecule has 0 aliphatic rings. The highest BCUT2D eigenvalue weighted by Crippen LogP contribution is 2.09. The molecule has 0 bridgehead atoms. The van der Waals surface area contributed by atoms with Crippen LogP contribution in [0.2, 0.25) is 0 Å². The van der Waals surface area contributed by atoms with Crippen LogP contribution in [0.15, 0.2) is 11.6 Å². The molecule has 0 aliphatic carbocycles. The number of unbranched alkanes of at least 4 members (excludes halogenated alkanes) is 1. The maximum atomic E-state index is 11.3. The summed E-state index contributed by atoms with van der Waals surface area (Å²) in [5.74, 6) is -1.33. The van der Waals surface area contributed by atoms with E-state index >= 15 is 0 Å². The van der Waals surface area contributed by atoms with Crippen molar-refractivity contribution in [1.82, 2.24) is 10.3 Å². The fraction of sp³-hybridized carbons (Fsp3) is 0.400. The Balaban J connectivity index is 2.15. The number of imide groups is 1. The summed E-state index contributed by atoms with van der Waals surface area (Å²) in [6.07, 6.45) is 2.53. The largest absolute Gasteiger partial charge is 0.481 e. The molecular weight excluding hydrogens is 258 g/mol. The minimum atomic E-state index is -0.892. The van der Waals surface area contributed by atoms with Gasteiger partial charge in [-0.2, -0.15) is 0 Å². The third-order valence-electron chi connectivity index (χ3n) is 1.95. The van der Waals surface area contributed by atoms with Crippen LogP contribution in [0.5, 0.6) is 0 Å². The van der Waals surface area contributed by atoms with Crippen molar-refractivity contribution in [3.05, 3.63) is 11.6 Å². The van der Waals surface area contributed by atoms with Crippen LogP contribution in [0.25, 0.3) is 0 Å². The van der Waals surface area contributed by atoms with Crippen molar-refractivity contribution in [2.75, 3.05) is 5.32 Å². The van der Waals surface area contributed by atoms with Gasteiger partial charge in [-0.1, -0.05) is 0 Å². The van der Waals surface area contributed by atoms with Crippen molar-refractivity contribution in [2.45, 2.75) is 25.7 Å². The summed E-state index contributed by atoms with van der Waals surface area (Å²) in [6, 6.07) is -0.631. The average molecular weight is 271 g/mol. The molecule has 1 aromatic heterocycles. The maximum absolute atomic E-state index is 11.3. The van der Waals surface area contributed by atoms with E-state index in [2.05, 4.69) is 15.6 Å². The molecule has 1 aromatic rings. The van der Waals surface area contributed by atoms with E-state index in [1.54, 1.807) is 5.38 Å². The summed E-state index contributed by atoms with van der Waals surface area (Å²) in [4.78, 5) is 36.6. The Morgan fingerprint density at radius 2 is 2.00 bits per heavy atom. The monoisotopic (exact) mass is 271 g/mol. The van der Waals surface area contributed by atoms with E-state index in [9.17, 15) is 14.4 Å². The first kappa shape index (κ1) is 14.1. The zero-order valence-electron chi connectivity index (χ0n) is 9.51. The number of hydrogen-bond donors (Lipinski definition) is 3. The summed E-state index contributed by atoms with van der Waals surface area (Å²) in [6.45, 7) is 0. The molecule has 3 amide bonds. The van der Waals surface area contributed by atoms with Crippen LogP contribution < -0.4 is 10.6 Å². The summed E-state index contributed by atoms with van der Waals surface area (Å²) >= 11 is 1.24. The SMILES string of the molecule is O=C(O)CCCCC(=O)NC(=O)Nc1nccs1. The lowest BCUT2D eigenvalue weighted by Crippen LogP contribution is -2.34. The predicted octanol–water partition coefficient (Wildman–Crippen LogP) is 1.44. The molecule has 8 heteroatoms. The molecule has 7 nitrogen and oxygen atoms in total. The zero-order valence-corrected chi connectivity index (χ0v) is 10.3. The van der Waals surface area contributed by atoms with E-state index in [0.717, 1.165) is 0 Å². The van der Waals surface area contributed by atoms with Gasteiger partial charge in [0.15, 0.2) is 5.13 Å². The number of carboxylic acid groups (broad SMARTS) is 1. The van der Waals surface area contributed by atoms with Gasteiger partial charge < -0.3 is 5.11 Å². The molecule has 1 rings (SSSR count). The fourth-order valence-electron chi connectivity index (χ4n) is 1.16. The average Bonchev–Trinajstić information content (AvgIpc) is 2.76. The number of nitrogens with one attached hydrogen (secondary N) is 2. The Kier molecular flexibility index (Phi) is 5.78. The van der Waals surface area contributed by atoms with Crippen molar-refractivity contribution in [3.8, 4) is 0 Å². The standard InChI is InChI=1S/C10H13N3O4S/c14-7(3-1-2-4-8(15)16)12-9(17)13-10-11-5-6-18-10/h5-6H,1-4H2,(H,15,16)(H2,11,12,13,14,17). The first-order valence-corrected chi connectivity index (χ1v) is 6.18. The van der Waals surface area contributed by atoms with Gasteiger partial charge >= 0.3 is 12.0 Å². The van der Waals surface area contributed by atoms with Crippen molar-refractivity contribution in [2.24, 2.45) is 0 Å². The molecule has 18 heavy (non-hydrogen) atoms. The Hall–Kier alpha value is -1.96. The van der Waals surface area contributed by atoms with Gasteiger partial charge in [-0.15, -0.1) is 11.3 Å². The van der Waals surface area contributed by atoms with Gasteiger partial charge in [0.1, 0.15) is 0 Å². The second-order valence-electron chi connectivity index (χ2n) is 3.44. The second kappa shape index (κ2) is 7.38. The van der Waals surface area contributed by atoms with Crippen molar-refractivity contribution in [3.63, 3.8) is 0 Å². The van der Waals surface area contributed by atoms with Crippen molar-refractivity contribution < 1.29 is 19.5 Å². The number of nitrogens with zero attached hydrogens (tertiary/aromatic N) is 1. The lowest BCUT2D eigenvalue weighted by molar-refractivity contribution is -0.137. The topological polar surface area (TPSA) is 108 Å². The van der Waals surface area contributed by atoms with Crippen LogP contribution in [-0.4, -0.2) is 28.0 Å². The molecule has 0 radical (unpaired) electrons. The highest BCUT2D eigenvalue weighted by Gasteiger charge is 2.08. The van der Waals surface area contributed by atoms with Gasteiger partial charge in [-0.3, -0.25) is 20.2 Å². The van der Waals surface area contributed by atoms with Gasteiger partial charge in [0, 0.05) is 24.4 Å². The fourth-order valence-corrected chi connectivity index (χ4v) is 1.69. The normalized spacial score (nSPS) is 9.78. The number of urea groups is 1. The predicted molar refractivity (Wildman–Crippen MR) is 65.4 cm³/mol. The van der Waals surface area contributed by atoms with Crippen LogP contribution in [0.3, 0.4) is 0 Å². The number of anilines is 1. The molecule has 0 aliphatic heterocycles. The maximum Gasteiger partial charge on any atom is 0.327 e. The second-order valence-corrected chi connectivity index (χ2v) is 4.33. The summed E-state index contributed by atoms with van der Waals surface area (Å²) < 4.78 is 0. The zero-order chi connectivity index (χ0) is 13.4. The summed E-state index contributed by atoms with van der Waals surface area (Å²) in [5.41, 5.74) is 0. The smallest absolute Gasteiger partial charge is 0.327 e. The molecule has 0 unspecified atom stereocenters. The minimum absolute atomic E-state index is 0.0264. The highest BCUT2D eigenvalue weighted by molar-refractivity contribution is 7.13. The number of thiazole rings is 1. The van der Waals surface area contributed by atoms with Gasteiger partial charge in [0.25, 0.3) is 0 Å². The van der Waals surface area contributed by atoms with E-state index in [1.165, 1.54) is 17.5 Å². The molecule has 0 fully saturated rings. The minimum Gasteiger partial charge on any atom is -0.481 e. The quantitative estimate of drug-likeness (QED) is 0.678. The van der Waals surface area contributed by atoms with Crippen LogP contribution in [0, 0.1) is 0 Å². The molecule has 0 atom stereocenters.